The van der Waals surface area contributed by atoms with Crippen molar-refractivity contribution in [2.45, 2.75) is 32.1 Å². The van der Waals surface area contributed by atoms with Crippen molar-refractivity contribution in [3.63, 3.8) is 0 Å². The molecule has 0 spiro atoms. The zero-order valence-corrected chi connectivity index (χ0v) is 12.2. The van der Waals surface area contributed by atoms with Crippen LogP contribution in [0.2, 0.25) is 0 Å². The second-order valence-corrected chi connectivity index (χ2v) is 6.54. The molecule has 0 aromatic heterocycles. The number of nitrogens with two attached hydrogens (primary N) is 1. The highest BCUT2D eigenvalue weighted by Crippen LogP contribution is 2.46. The standard InChI is InChI=1S/C18H20FN/c1-18(2,3)11-7-8-13-14(9-11)15(10-20)12-5-4-6-16(19)17(12)13/h4-9,15H,10,20H2,1-3H3. The smallest absolute Gasteiger partial charge is 0.131 e. The summed E-state index contributed by atoms with van der Waals surface area (Å²) in [5.41, 5.74) is 11.2. The molecule has 0 radical (unpaired) electrons. The molecule has 20 heavy (non-hydrogen) atoms. The van der Waals surface area contributed by atoms with E-state index in [-0.39, 0.29) is 17.2 Å². The van der Waals surface area contributed by atoms with Crippen LogP contribution < -0.4 is 5.73 Å². The third-order valence-electron chi connectivity index (χ3n) is 4.22. The van der Waals surface area contributed by atoms with E-state index < -0.39 is 0 Å². The molecule has 0 saturated heterocycles. The minimum Gasteiger partial charge on any atom is -0.330 e. The van der Waals surface area contributed by atoms with Crippen LogP contribution in [0.5, 0.6) is 0 Å². The highest BCUT2D eigenvalue weighted by molar-refractivity contribution is 5.79. The molecule has 0 fully saturated rings. The fourth-order valence-electron chi connectivity index (χ4n) is 3.08. The van der Waals surface area contributed by atoms with Crippen molar-refractivity contribution in [1.29, 1.82) is 0 Å². The maximum absolute atomic E-state index is 14.2. The Kier molecular flexibility index (Phi) is 2.94. The third kappa shape index (κ3) is 1.87. The van der Waals surface area contributed by atoms with E-state index in [4.69, 9.17) is 5.73 Å². The molecule has 0 saturated carbocycles. The predicted molar refractivity (Wildman–Crippen MR) is 81.4 cm³/mol. The maximum Gasteiger partial charge on any atom is 0.131 e. The van der Waals surface area contributed by atoms with Gasteiger partial charge in [0.05, 0.1) is 0 Å². The van der Waals surface area contributed by atoms with Gasteiger partial charge in [0.1, 0.15) is 5.82 Å². The van der Waals surface area contributed by atoms with Crippen LogP contribution >= 0.6 is 0 Å². The Morgan fingerprint density at radius 1 is 1.10 bits per heavy atom. The summed E-state index contributed by atoms with van der Waals surface area (Å²) in [6.45, 7) is 7.08. The summed E-state index contributed by atoms with van der Waals surface area (Å²) in [6, 6.07) is 11.6. The van der Waals surface area contributed by atoms with Crippen molar-refractivity contribution in [3.8, 4) is 11.1 Å². The first-order valence-corrected chi connectivity index (χ1v) is 7.06. The van der Waals surface area contributed by atoms with Gasteiger partial charge in [0.2, 0.25) is 0 Å². The molecule has 3 rings (SSSR count). The van der Waals surface area contributed by atoms with Crippen LogP contribution in [0.25, 0.3) is 11.1 Å². The SMILES string of the molecule is CC(C)(C)c1ccc2c(c1)C(CN)c1cccc(F)c1-2. The van der Waals surface area contributed by atoms with Gasteiger partial charge >= 0.3 is 0 Å². The Morgan fingerprint density at radius 2 is 1.85 bits per heavy atom. The van der Waals surface area contributed by atoms with Crippen LogP contribution in [-0.2, 0) is 5.41 Å². The lowest BCUT2D eigenvalue weighted by Gasteiger charge is -2.21. The molecule has 2 heteroatoms. The largest absolute Gasteiger partial charge is 0.330 e. The van der Waals surface area contributed by atoms with Crippen molar-refractivity contribution in [1.82, 2.24) is 0 Å². The van der Waals surface area contributed by atoms with E-state index in [1.807, 2.05) is 12.1 Å². The molecule has 1 nitrogen and oxygen atoms in total. The van der Waals surface area contributed by atoms with Gasteiger partial charge in [0.25, 0.3) is 0 Å². The van der Waals surface area contributed by atoms with E-state index in [0.29, 0.717) is 6.54 Å². The number of benzene rings is 2. The van der Waals surface area contributed by atoms with E-state index in [1.54, 1.807) is 6.07 Å². The zero-order chi connectivity index (χ0) is 14.5. The van der Waals surface area contributed by atoms with Crippen molar-refractivity contribution < 1.29 is 4.39 Å². The Morgan fingerprint density at radius 3 is 2.50 bits per heavy atom. The molecule has 0 amide bonds. The zero-order valence-electron chi connectivity index (χ0n) is 12.2. The summed E-state index contributed by atoms with van der Waals surface area (Å²) < 4.78 is 14.2. The average molecular weight is 269 g/mol. The Labute approximate surface area is 119 Å². The van der Waals surface area contributed by atoms with Crippen LogP contribution in [0, 0.1) is 5.82 Å². The molecule has 2 aromatic rings. The quantitative estimate of drug-likeness (QED) is 0.825. The molecular formula is C18H20FN. The fourth-order valence-corrected chi connectivity index (χ4v) is 3.08. The number of fused-ring (bicyclic) bond motifs is 3. The molecule has 2 N–H and O–H groups in total. The van der Waals surface area contributed by atoms with Gasteiger partial charge in [-0.1, -0.05) is 51.1 Å². The second-order valence-electron chi connectivity index (χ2n) is 6.54. The Balaban J connectivity index is 2.25. The lowest BCUT2D eigenvalue weighted by atomic mass is 9.84. The third-order valence-corrected chi connectivity index (χ3v) is 4.22. The van der Waals surface area contributed by atoms with Crippen LogP contribution in [0.15, 0.2) is 36.4 Å². The average Bonchev–Trinajstić information content (AvgIpc) is 2.71. The monoisotopic (exact) mass is 269 g/mol. The Bertz CT molecular complexity index is 668. The minimum atomic E-state index is -0.150. The van der Waals surface area contributed by atoms with E-state index in [1.165, 1.54) is 17.2 Å². The highest BCUT2D eigenvalue weighted by atomic mass is 19.1. The molecule has 1 atom stereocenters. The maximum atomic E-state index is 14.2. The summed E-state index contributed by atoms with van der Waals surface area (Å²) >= 11 is 0. The van der Waals surface area contributed by atoms with E-state index in [0.717, 1.165) is 16.7 Å². The van der Waals surface area contributed by atoms with Gasteiger partial charge in [-0.3, -0.25) is 0 Å². The first kappa shape index (κ1) is 13.3. The summed E-state index contributed by atoms with van der Waals surface area (Å²) in [4.78, 5) is 0. The Hall–Kier alpha value is -1.67. The molecule has 2 aromatic carbocycles. The molecule has 1 aliphatic rings. The normalized spacial score (nSPS) is 16.9. The number of hydrogen-bond acceptors (Lipinski definition) is 1. The van der Waals surface area contributed by atoms with Gasteiger partial charge in [0.15, 0.2) is 0 Å². The molecule has 0 aliphatic heterocycles. The van der Waals surface area contributed by atoms with E-state index >= 15 is 0 Å². The second kappa shape index (κ2) is 4.42. The van der Waals surface area contributed by atoms with Crippen molar-refractivity contribution in [2.24, 2.45) is 5.73 Å². The summed E-state index contributed by atoms with van der Waals surface area (Å²) in [5, 5.41) is 0. The van der Waals surface area contributed by atoms with Crippen LogP contribution in [0.4, 0.5) is 4.39 Å². The van der Waals surface area contributed by atoms with Gasteiger partial charge in [-0.15, -0.1) is 0 Å². The molecular weight excluding hydrogens is 249 g/mol. The minimum absolute atomic E-state index is 0.0848. The van der Waals surface area contributed by atoms with E-state index in [2.05, 4.69) is 32.9 Å². The predicted octanol–water partition coefficient (Wildman–Crippen LogP) is 4.19. The molecule has 1 aliphatic carbocycles. The first-order valence-electron chi connectivity index (χ1n) is 7.06. The molecule has 0 bridgehead atoms. The lowest BCUT2D eigenvalue weighted by molar-refractivity contribution is 0.589. The van der Waals surface area contributed by atoms with Gasteiger partial charge in [-0.25, -0.2) is 4.39 Å². The van der Waals surface area contributed by atoms with Gasteiger partial charge in [0, 0.05) is 18.0 Å². The van der Waals surface area contributed by atoms with Gasteiger partial charge < -0.3 is 5.73 Å². The van der Waals surface area contributed by atoms with Crippen LogP contribution in [-0.4, -0.2) is 6.54 Å². The fraction of sp³-hybridized carbons (Fsp3) is 0.333. The highest BCUT2D eigenvalue weighted by Gasteiger charge is 2.31. The van der Waals surface area contributed by atoms with Gasteiger partial charge in [-0.05, 0) is 33.7 Å². The molecule has 104 valence electrons. The topological polar surface area (TPSA) is 26.0 Å². The van der Waals surface area contributed by atoms with Crippen molar-refractivity contribution in [2.75, 3.05) is 6.54 Å². The van der Waals surface area contributed by atoms with Crippen molar-refractivity contribution >= 4 is 0 Å². The van der Waals surface area contributed by atoms with Gasteiger partial charge in [-0.2, -0.15) is 0 Å². The van der Waals surface area contributed by atoms with Crippen LogP contribution in [0.1, 0.15) is 43.4 Å². The summed E-state index contributed by atoms with van der Waals surface area (Å²) in [7, 11) is 0. The summed E-state index contributed by atoms with van der Waals surface area (Å²) in [6.07, 6.45) is 0. The van der Waals surface area contributed by atoms with Crippen molar-refractivity contribution in [3.05, 3.63) is 58.9 Å². The van der Waals surface area contributed by atoms with Crippen LogP contribution in [0.3, 0.4) is 0 Å². The molecule has 0 heterocycles. The lowest BCUT2D eigenvalue weighted by Crippen LogP contribution is -2.14. The first-order chi connectivity index (χ1) is 9.43. The summed E-state index contributed by atoms with van der Waals surface area (Å²) in [5.74, 6) is -0.0405. The molecule has 1 unspecified atom stereocenters. The number of rotatable bonds is 1. The number of hydrogen-bond donors (Lipinski definition) is 1. The van der Waals surface area contributed by atoms with E-state index in [9.17, 15) is 4.39 Å². The number of halogens is 1.